The van der Waals surface area contributed by atoms with Crippen LogP contribution in [0.25, 0.3) is 5.57 Å². The van der Waals surface area contributed by atoms with E-state index in [4.69, 9.17) is 0 Å². The highest BCUT2D eigenvalue weighted by Gasteiger charge is 2.27. The van der Waals surface area contributed by atoms with Crippen molar-refractivity contribution in [2.45, 2.75) is 12.6 Å². The molecular weight excluding hydrogens is 370 g/mol. The summed E-state index contributed by atoms with van der Waals surface area (Å²) in [6.07, 6.45) is 4.85. The summed E-state index contributed by atoms with van der Waals surface area (Å²) in [6.45, 7) is 0.657. The zero-order valence-corrected chi connectivity index (χ0v) is 16.4. The van der Waals surface area contributed by atoms with Crippen molar-refractivity contribution in [1.82, 2.24) is 5.32 Å². The molecular formula is C26H21N3O. The SMILES string of the molecule is N#Cc1ccccc1C1=CC(NCc2ccccc2)=CN(c2ccccc2)C1C=O. The van der Waals surface area contributed by atoms with Gasteiger partial charge in [-0.2, -0.15) is 5.26 Å². The smallest absolute Gasteiger partial charge is 0.147 e. The Morgan fingerprint density at radius 1 is 0.933 bits per heavy atom. The van der Waals surface area contributed by atoms with Gasteiger partial charge >= 0.3 is 0 Å². The highest BCUT2D eigenvalue weighted by Crippen LogP contribution is 2.32. The van der Waals surface area contributed by atoms with Gasteiger partial charge in [-0.25, -0.2) is 0 Å². The minimum atomic E-state index is -0.524. The van der Waals surface area contributed by atoms with E-state index in [-0.39, 0.29) is 0 Å². The highest BCUT2D eigenvalue weighted by molar-refractivity contribution is 5.92. The van der Waals surface area contributed by atoms with Crippen molar-refractivity contribution in [3.63, 3.8) is 0 Å². The molecule has 1 atom stereocenters. The number of aldehydes is 1. The van der Waals surface area contributed by atoms with Crippen LogP contribution in [0.5, 0.6) is 0 Å². The van der Waals surface area contributed by atoms with Crippen LogP contribution in [0.15, 0.2) is 103 Å². The van der Waals surface area contributed by atoms with Gasteiger partial charge in [-0.15, -0.1) is 0 Å². The van der Waals surface area contributed by atoms with Gasteiger partial charge in [0.1, 0.15) is 12.3 Å². The standard InChI is InChI=1S/C26H21N3O/c27-16-21-11-7-8-14-24(21)25-15-22(28-17-20-9-3-1-4-10-20)18-29(26(25)19-30)23-12-5-2-6-13-23/h1-15,18-19,26,28H,17H2. The van der Waals surface area contributed by atoms with Crippen molar-refractivity contribution in [2.75, 3.05) is 4.90 Å². The minimum Gasteiger partial charge on any atom is -0.380 e. The molecule has 1 heterocycles. The van der Waals surface area contributed by atoms with Crippen LogP contribution in [0.4, 0.5) is 5.69 Å². The van der Waals surface area contributed by atoms with Crippen LogP contribution in [0, 0.1) is 11.3 Å². The Balaban J connectivity index is 1.76. The van der Waals surface area contributed by atoms with E-state index < -0.39 is 6.04 Å². The number of nitrogens with one attached hydrogen (secondary N) is 1. The lowest BCUT2D eigenvalue weighted by atomic mass is 9.91. The maximum absolute atomic E-state index is 12.2. The summed E-state index contributed by atoms with van der Waals surface area (Å²) in [7, 11) is 0. The second-order valence-corrected chi connectivity index (χ2v) is 7.00. The van der Waals surface area contributed by atoms with Crippen LogP contribution in [0.1, 0.15) is 16.7 Å². The molecule has 30 heavy (non-hydrogen) atoms. The molecule has 3 aromatic carbocycles. The van der Waals surface area contributed by atoms with Crippen LogP contribution in [0.2, 0.25) is 0 Å². The number of hydrogen-bond donors (Lipinski definition) is 1. The highest BCUT2D eigenvalue weighted by atomic mass is 16.1. The average Bonchev–Trinajstić information content (AvgIpc) is 2.83. The van der Waals surface area contributed by atoms with Crippen molar-refractivity contribution in [3.8, 4) is 6.07 Å². The molecule has 0 aliphatic carbocycles. The predicted molar refractivity (Wildman–Crippen MR) is 119 cm³/mol. The van der Waals surface area contributed by atoms with Gasteiger partial charge in [-0.3, -0.25) is 0 Å². The molecule has 0 fully saturated rings. The van der Waals surface area contributed by atoms with Gasteiger partial charge in [0.25, 0.3) is 0 Å². The minimum absolute atomic E-state index is 0.524. The summed E-state index contributed by atoms with van der Waals surface area (Å²) in [5.41, 5.74) is 5.06. The number of anilines is 1. The molecule has 0 aromatic heterocycles. The molecule has 0 spiro atoms. The number of nitrogens with zero attached hydrogens (tertiary/aromatic N) is 2. The summed E-state index contributed by atoms with van der Waals surface area (Å²) >= 11 is 0. The molecule has 0 saturated heterocycles. The third kappa shape index (κ3) is 4.01. The molecule has 4 heteroatoms. The molecule has 0 saturated carbocycles. The largest absolute Gasteiger partial charge is 0.380 e. The van der Waals surface area contributed by atoms with E-state index in [2.05, 4.69) is 23.5 Å². The number of allylic oxidation sites excluding steroid dienone is 1. The van der Waals surface area contributed by atoms with E-state index in [0.717, 1.165) is 34.4 Å². The lowest BCUT2D eigenvalue weighted by molar-refractivity contribution is -0.107. The quantitative estimate of drug-likeness (QED) is 0.621. The summed E-state index contributed by atoms with van der Waals surface area (Å²) < 4.78 is 0. The van der Waals surface area contributed by atoms with Crippen LogP contribution >= 0.6 is 0 Å². The van der Waals surface area contributed by atoms with E-state index in [1.165, 1.54) is 0 Å². The molecule has 0 bridgehead atoms. The molecule has 4 rings (SSSR count). The second kappa shape index (κ2) is 8.93. The molecule has 4 nitrogen and oxygen atoms in total. The Bertz CT molecular complexity index is 1130. The number of rotatable bonds is 6. The fourth-order valence-electron chi connectivity index (χ4n) is 3.61. The Hall–Kier alpha value is -4.10. The Morgan fingerprint density at radius 3 is 2.30 bits per heavy atom. The van der Waals surface area contributed by atoms with Gasteiger partial charge in [0.05, 0.1) is 17.3 Å². The van der Waals surface area contributed by atoms with Gasteiger partial charge in [-0.05, 0) is 41.0 Å². The molecule has 0 amide bonds. The van der Waals surface area contributed by atoms with Gasteiger partial charge in [-0.1, -0.05) is 66.7 Å². The summed E-state index contributed by atoms with van der Waals surface area (Å²) in [4.78, 5) is 14.1. The first kappa shape index (κ1) is 19.2. The normalized spacial score (nSPS) is 15.6. The van der Waals surface area contributed by atoms with Crippen molar-refractivity contribution >= 4 is 17.5 Å². The molecule has 3 aromatic rings. The second-order valence-electron chi connectivity index (χ2n) is 7.00. The van der Waals surface area contributed by atoms with Crippen LogP contribution in [0.3, 0.4) is 0 Å². The third-order valence-corrected chi connectivity index (χ3v) is 5.09. The van der Waals surface area contributed by atoms with Crippen LogP contribution < -0.4 is 10.2 Å². The number of hydrogen-bond acceptors (Lipinski definition) is 4. The number of benzene rings is 3. The van der Waals surface area contributed by atoms with E-state index >= 15 is 0 Å². The molecule has 146 valence electrons. The van der Waals surface area contributed by atoms with Crippen molar-refractivity contribution in [1.29, 1.82) is 5.26 Å². The fourth-order valence-corrected chi connectivity index (χ4v) is 3.61. The number of carbonyl (C=O) groups is 1. The zero-order chi connectivity index (χ0) is 20.8. The van der Waals surface area contributed by atoms with Crippen LogP contribution in [-0.4, -0.2) is 12.3 Å². The lowest BCUT2D eigenvalue weighted by Gasteiger charge is -2.33. The monoisotopic (exact) mass is 391 g/mol. The molecule has 1 N–H and O–H groups in total. The fraction of sp³-hybridized carbons (Fsp3) is 0.0769. The van der Waals surface area contributed by atoms with Gasteiger partial charge < -0.3 is 15.0 Å². The topological polar surface area (TPSA) is 56.1 Å². The first-order valence-corrected chi connectivity index (χ1v) is 9.79. The van der Waals surface area contributed by atoms with Gasteiger partial charge in [0, 0.05) is 18.4 Å². The molecule has 1 unspecified atom stereocenters. The zero-order valence-electron chi connectivity index (χ0n) is 16.4. The number of nitriles is 1. The molecule has 1 aliphatic heterocycles. The van der Waals surface area contributed by atoms with Crippen LogP contribution in [-0.2, 0) is 11.3 Å². The van der Waals surface area contributed by atoms with Crippen molar-refractivity contribution in [2.24, 2.45) is 0 Å². The predicted octanol–water partition coefficient (Wildman–Crippen LogP) is 4.66. The van der Waals surface area contributed by atoms with E-state index in [0.29, 0.717) is 12.1 Å². The number of para-hydroxylation sites is 1. The Labute approximate surface area is 176 Å². The first-order valence-electron chi connectivity index (χ1n) is 9.79. The van der Waals surface area contributed by atoms with E-state index in [1.54, 1.807) is 6.07 Å². The Morgan fingerprint density at radius 2 is 1.60 bits per heavy atom. The third-order valence-electron chi connectivity index (χ3n) is 5.09. The number of carbonyl (C=O) groups excluding carboxylic acids is 1. The van der Waals surface area contributed by atoms with Gasteiger partial charge in [0.15, 0.2) is 0 Å². The summed E-state index contributed by atoms with van der Waals surface area (Å²) in [6, 6.07) is 29.1. The molecule has 1 aliphatic rings. The lowest BCUT2D eigenvalue weighted by Crippen LogP contribution is -2.37. The van der Waals surface area contributed by atoms with E-state index in [9.17, 15) is 10.1 Å². The summed E-state index contributed by atoms with van der Waals surface area (Å²) in [5.74, 6) is 0. The van der Waals surface area contributed by atoms with E-state index in [1.807, 2.05) is 83.9 Å². The van der Waals surface area contributed by atoms with Crippen molar-refractivity contribution in [3.05, 3.63) is 120 Å². The van der Waals surface area contributed by atoms with Gasteiger partial charge in [0.2, 0.25) is 0 Å². The maximum atomic E-state index is 12.2. The Kier molecular flexibility index (Phi) is 5.73. The van der Waals surface area contributed by atoms with Crippen molar-refractivity contribution < 1.29 is 4.79 Å². The first-order chi connectivity index (χ1) is 14.8. The molecule has 0 radical (unpaired) electrons. The maximum Gasteiger partial charge on any atom is 0.147 e. The average molecular weight is 391 g/mol. The summed E-state index contributed by atoms with van der Waals surface area (Å²) in [5, 5.41) is 13.1.